The summed E-state index contributed by atoms with van der Waals surface area (Å²) in [6.07, 6.45) is 5.43. The summed E-state index contributed by atoms with van der Waals surface area (Å²) in [5.41, 5.74) is 2.97. The predicted molar refractivity (Wildman–Crippen MR) is 149 cm³/mol. The smallest absolute Gasteiger partial charge is 0.323 e. The maximum atomic E-state index is 13.5. The highest BCUT2D eigenvalue weighted by Crippen LogP contribution is 2.37. The van der Waals surface area contributed by atoms with E-state index >= 15 is 0 Å². The van der Waals surface area contributed by atoms with E-state index in [9.17, 15) is 9.59 Å². The number of hydrogen-bond donors (Lipinski definition) is 2. The van der Waals surface area contributed by atoms with Crippen LogP contribution in [0.3, 0.4) is 0 Å². The van der Waals surface area contributed by atoms with Crippen LogP contribution in [0.2, 0.25) is 0 Å². The van der Waals surface area contributed by atoms with Crippen molar-refractivity contribution in [3.05, 3.63) is 53.2 Å². The second-order valence-corrected chi connectivity index (χ2v) is 10.6. The number of carbonyl (C=O) groups is 2. The summed E-state index contributed by atoms with van der Waals surface area (Å²) in [4.78, 5) is 40.9. The van der Waals surface area contributed by atoms with Crippen molar-refractivity contribution in [1.29, 1.82) is 0 Å². The Morgan fingerprint density at radius 1 is 1.32 bits per heavy atom. The summed E-state index contributed by atoms with van der Waals surface area (Å²) in [6, 6.07) is 5.56. The van der Waals surface area contributed by atoms with Gasteiger partial charge in [0, 0.05) is 48.9 Å². The predicted octanol–water partition coefficient (Wildman–Crippen LogP) is 3.35. The van der Waals surface area contributed by atoms with Gasteiger partial charge in [-0.2, -0.15) is 5.10 Å². The monoisotopic (exact) mass is 534 g/mol. The molecule has 200 valence electrons. The van der Waals surface area contributed by atoms with Crippen LogP contribution in [-0.4, -0.2) is 80.9 Å². The number of thiophene rings is 1. The van der Waals surface area contributed by atoms with Gasteiger partial charge in [-0.05, 0) is 43.6 Å². The van der Waals surface area contributed by atoms with Gasteiger partial charge in [-0.1, -0.05) is 26.8 Å². The maximum absolute atomic E-state index is 13.5. The molecular formula is C27H34N8O2S. The molecule has 2 aliphatic rings. The zero-order chi connectivity index (χ0) is 26.8. The first-order valence-electron chi connectivity index (χ1n) is 13.2. The molecular weight excluding hydrogens is 500 g/mol. The van der Waals surface area contributed by atoms with E-state index in [0.29, 0.717) is 36.7 Å². The van der Waals surface area contributed by atoms with E-state index in [2.05, 4.69) is 41.4 Å². The lowest BCUT2D eigenvalue weighted by molar-refractivity contribution is -0.118. The minimum atomic E-state index is -0.423. The summed E-state index contributed by atoms with van der Waals surface area (Å²) in [6.45, 7) is 11.8. The summed E-state index contributed by atoms with van der Waals surface area (Å²) in [5, 5.41) is 12.5. The molecule has 0 saturated carbocycles. The van der Waals surface area contributed by atoms with Crippen molar-refractivity contribution in [2.75, 3.05) is 32.7 Å². The summed E-state index contributed by atoms with van der Waals surface area (Å²) in [5.74, 6) is 0.101. The quantitative estimate of drug-likeness (QED) is 0.461. The molecule has 3 aromatic rings. The maximum Gasteiger partial charge on any atom is 0.323 e. The number of aliphatic imine (C=N–C) groups is 1. The van der Waals surface area contributed by atoms with E-state index < -0.39 is 6.04 Å². The van der Waals surface area contributed by atoms with E-state index in [-0.39, 0.29) is 23.9 Å². The fourth-order valence-electron chi connectivity index (χ4n) is 5.16. The van der Waals surface area contributed by atoms with Crippen LogP contribution in [0.5, 0.6) is 0 Å². The molecule has 0 radical (unpaired) electrons. The first kappa shape index (κ1) is 26.1. The molecule has 3 atom stereocenters. The Morgan fingerprint density at radius 3 is 2.82 bits per heavy atom. The van der Waals surface area contributed by atoms with Gasteiger partial charge in [0.1, 0.15) is 5.84 Å². The van der Waals surface area contributed by atoms with Crippen LogP contribution in [0.4, 0.5) is 4.79 Å². The number of aromatic nitrogens is 3. The number of nitrogens with zero attached hydrogens (tertiary/aromatic N) is 6. The van der Waals surface area contributed by atoms with Gasteiger partial charge in [0.25, 0.3) is 0 Å². The number of amides is 3. The minimum Gasteiger partial charge on any atom is -0.351 e. The van der Waals surface area contributed by atoms with Gasteiger partial charge < -0.3 is 10.6 Å². The van der Waals surface area contributed by atoms with Crippen molar-refractivity contribution in [2.45, 2.75) is 39.8 Å². The molecule has 0 bridgehead atoms. The fourth-order valence-corrected chi connectivity index (χ4v) is 5.85. The van der Waals surface area contributed by atoms with Crippen molar-refractivity contribution in [2.24, 2.45) is 10.9 Å². The van der Waals surface area contributed by atoms with E-state index in [1.807, 2.05) is 36.7 Å². The first-order valence-corrected chi connectivity index (χ1v) is 14.0. The fraction of sp³-hybridized carbons (Fsp3) is 0.444. The average molecular weight is 535 g/mol. The Labute approximate surface area is 226 Å². The SMILES string of the molecule is CCN(CC)[C@@H](C)CNC(=O)C1=CC(N2CCNC2=O)=NC(c2cnn3ccc(-c4cccs4)nc23)C1C. The molecule has 3 amide bonds. The number of carbonyl (C=O) groups excluding carboxylic acids is 2. The molecule has 0 aliphatic carbocycles. The van der Waals surface area contributed by atoms with Gasteiger partial charge in [0.15, 0.2) is 5.65 Å². The summed E-state index contributed by atoms with van der Waals surface area (Å²) >= 11 is 1.63. The van der Waals surface area contributed by atoms with Crippen LogP contribution in [0.1, 0.15) is 39.3 Å². The lowest BCUT2D eigenvalue weighted by Gasteiger charge is -2.30. The van der Waals surface area contributed by atoms with E-state index in [1.54, 1.807) is 33.0 Å². The van der Waals surface area contributed by atoms with Gasteiger partial charge in [-0.25, -0.2) is 14.3 Å². The second kappa shape index (κ2) is 11.0. The van der Waals surface area contributed by atoms with Gasteiger partial charge >= 0.3 is 6.03 Å². The van der Waals surface area contributed by atoms with E-state index in [0.717, 1.165) is 29.2 Å². The van der Waals surface area contributed by atoms with Gasteiger partial charge in [0.2, 0.25) is 5.91 Å². The molecule has 5 rings (SSSR count). The third kappa shape index (κ3) is 4.95. The Bertz CT molecular complexity index is 1370. The third-order valence-corrected chi connectivity index (χ3v) is 8.29. The van der Waals surface area contributed by atoms with Crippen LogP contribution in [0, 0.1) is 5.92 Å². The average Bonchev–Trinajstić information content (AvgIpc) is 3.69. The lowest BCUT2D eigenvalue weighted by atomic mass is 9.86. The Morgan fingerprint density at radius 2 is 2.13 bits per heavy atom. The minimum absolute atomic E-state index is 0.141. The third-order valence-electron chi connectivity index (χ3n) is 7.40. The van der Waals surface area contributed by atoms with Crippen LogP contribution < -0.4 is 10.6 Å². The highest BCUT2D eigenvalue weighted by atomic mass is 32.1. The number of amidine groups is 1. The zero-order valence-corrected chi connectivity index (χ0v) is 23.0. The molecule has 3 aromatic heterocycles. The molecule has 1 saturated heterocycles. The van der Waals surface area contributed by atoms with E-state index in [1.165, 1.54) is 0 Å². The standard InChI is InChI=1S/C27H34N8O2S/c1-5-33(6-2)17(3)15-29-26(36)19-14-23(34-12-10-28-27(34)37)32-24(18(19)4)20-16-30-35-11-9-21(31-25(20)35)22-8-7-13-38-22/h7-9,11,13-14,16-18,24H,5-6,10,12,15H2,1-4H3,(H,28,37)(H,29,36)/t17-,18?,24?/m0/s1. The molecule has 2 unspecified atom stereocenters. The normalized spacial score (nSPS) is 20.4. The van der Waals surface area contributed by atoms with Crippen LogP contribution in [0.25, 0.3) is 16.2 Å². The lowest BCUT2D eigenvalue weighted by Crippen LogP contribution is -2.44. The molecule has 1 fully saturated rings. The number of fused-ring (bicyclic) bond motifs is 1. The van der Waals surface area contributed by atoms with Crippen molar-refractivity contribution in [3.63, 3.8) is 0 Å². The highest BCUT2D eigenvalue weighted by Gasteiger charge is 2.36. The van der Waals surface area contributed by atoms with Crippen LogP contribution in [-0.2, 0) is 4.79 Å². The van der Waals surface area contributed by atoms with Crippen molar-refractivity contribution in [3.8, 4) is 10.6 Å². The molecule has 2 aliphatic heterocycles. The van der Waals surface area contributed by atoms with Gasteiger partial charge in [-0.15, -0.1) is 11.3 Å². The van der Waals surface area contributed by atoms with Crippen LogP contribution in [0.15, 0.2) is 52.6 Å². The second-order valence-electron chi connectivity index (χ2n) is 9.64. The van der Waals surface area contributed by atoms with Crippen molar-refractivity contribution >= 4 is 34.8 Å². The molecule has 10 nitrogen and oxygen atoms in total. The molecule has 38 heavy (non-hydrogen) atoms. The largest absolute Gasteiger partial charge is 0.351 e. The number of dihydropyridines is 1. The number of nitrogens with one attached hydrogen (secondary N) is 2. The molecule has 0 aromatic carbocycles. The van der Waals surface area contributed by atoms with Crippen LogP contribution >= 0.6 is 11.3 Å². The number of urea groups is 1. The zero-order valence-electron chi connectivity index (χ0n) is 22.2. The topological polar surface area (TPSA) is 107 Å². The van der Waals surface area contributed by atoms with Crippen molar-refractivity contribution < 1.29 is 9.59 Å². The van der Waals surface area contributed by atoms with Gasteiger partial charge in [0.05, 0.1) is 22.8 Å². The van der Waals surface area contributed by atoms with Crippen molar-refractivity contribution in [1.82, 2.24) is 35.0 Å². The molecule has 0 spiro atoms. The highest BCUT2D eigenvalue weighted by molar-refractivity contribution is 7.13. The number of rotatable bonds is 8. The molecule has 11 heteroatoms. The Kier molecular flexibility index (Phi) is 7.57. The molecule has 5 heterocycles. The number of likely N-dealkylation sites (N-methyl/N-ethyl adjacent to an activating group) is 1. The Hall–Kier alpha value is -3.57. The first-order chi connectivity index (χ1) is 18.4. The molecule has 2 N–H and O–H groups in total. The van der Waals surface area contributed by atoms with Gasteiger partial charge in [-0.3, -0.25) is 19.6 Å². The summed E-state index contributed by atoms with van der Waals surface area (Å²) < 4.78 is 1.74. The Balaban J connectivity index is 1.49. The summed E-state index contributed by atoms with van der Waals surface area (Å²) in [7, 11) is 0. The number of hydrogen-bond acceptors (Lipinski definition) is 7. The van der Waals surface area contributed by atoms with E-state index in [4.69, 9.17) is 9.98 Å².